The van der Waals surface area contributed by atoms with Crippen molar-refractivity contribution in [1.82, 2.24) is 19.9 Å². The second-order valence-corrected chi connectivity index (χ2v) is 12.3. The Bertz CT molecular complexity index is 2370. The van der Waals surface area contributed by atoms with Gasteiger partial charge in [0.1, 0.15) is 0 Å². The van der Waals surface area contributed by atoms with Gasteiger partial charge in [-0.2, -0.15) is 0 Å². The second-order valence-electron chi connectivity index (χ2n) is 12.3. The number of nitrogens with zero attached hydrogens (tertiary/aromatic N) is 4. The zero-order valence-electron chi connectivity index (χ0n) is 26.2. The molecule has 1 unspecified atom stereocenters. The maximum atomic E-state index is 5.13. The van der Waals surface area contributed by atoms with Crippen molar-refractivity contribution in [3.05, 3.63) is 181 Å². The van der Waals surface area contributed by atoms with Crippen LogP contribution in [-0.4, -0.2) is 19.9 Å². The fraction of sp³-hybridized carbons (Fsp3) is 0.0455. The van der Waals surface area contributed by atoms with Crippen LogP contribution < -0.4 is 0 Å². The topological polar surface area (TPSA) is 51.6 Å². The molecule has 0 saturated heterocycles. The fourth-order valence-corrected chi connectivity index (χ4v) is 7.05. The Balaban J connectivity index is 1.30. The first-order valence-electron chi connectivity index (χ1n) is 16.3. The summed E-state index contributed by atoms with van der Waals surface area (Å²) in [6, 6.07) is 55.3. The van der Waals surface area contributed by atoms with E-state index in [1.807, 2.05) is 72.9 Å². The summed E-state index contributed by atoms with van der Waals surface area (Å²) in [6.07, 6.45) is 2.78. The van der Waals surface area contributed by atoms with E-state index in [1.54, 1.807) is 0 Å². The summed E-state index contributed by atoms with van der Waals surface area (Å²) >= 11 is 0. The molecule has 0 radical (unpaired) electrons. The van der Waals surface area contributed by atoms with Crippen molar-refractivity contribution >= 4 is 10.9 Å². The molecule has 1 atom stereocenters. The smallest absolute Gasteiger partial charge is 0.164 e. The van der Waals surface area contributed by atoms with E-state index in [2.05, 4.69) is 91.0 Å². The van der Waals surface area contributed by atoms with Gasteiger partial charge in [-0.1, -0.05) is 140 Å². The molecule has 9 rings (SSSR count). The third-order valence-electron chi connectivity index (χ3n) is 9.33. The summed E-state index contributed by atoms with van der Waals surface area (Å²) in [5.74, 6) is 2.09. The predicted octanol–water partition coefficient (Wildman–Crippen LogP) is 10.4. The monoisotopic (exact) mass is 614 g/mol. The van der Waals surface area contributed by atoms with Crippen molar-refractivity contribution in [2.45, 2.75) is 12.3 Å². The minimum atomic E-state index is 0.154. The molecule has 4 nitrogen and oxygen atoms in total. The molecular weight excluding hydrogens is 585 g/mol. The maximum absolute atomic E-state index is 5.13. The summed E-state index contributed by atoms with van der Waals surface area (Å²) in [5, 5.41) is 1.11. The summed E-state index contributed by atoms with van der Waals surface area (Å²) < 4.78 is 0. The normalized spacial score (nSPS) is 13.5. The minimum absolute atomic E-state index is 0.154. The molecule has 0 aliphatic heterocycles. The van der Waals surface area contributed by atoms with E-state index < -0.39 is 0 Å². The Labute approximate surface area is 279 Å². The van der Waals surface area contributed by atoms with Gasteiger partial charge in [0.25, 0.3) is 0 Å². The zero-order valence-corrected chi connectivity index (χ0v) is 26.2. The number of rotatable bonds is 5. The van der Waals surface area contributed by atoms with Gasteiger partial charge in [-0.15, -0.1) is 0 Å². The van der Waals surface area contributed by atoms with Gasteiger partial charge in [-0.3, -0.25) is 4.98 Å². The second kappa shape index (κ2) is 11.8. The van der Waals surface area contributed by atoms with E-state index >= 15 is 0 Å². The number of benzene rings is 6. The Morgan fingerprint density at radius 3 is 1.77 bits per heavy atom. The molecule has 6 aromatic carbocycles. The Hall–Kier alpha value is -6.26. The van der Waals surface area contributed by atoms with Crippen LogP contribution >= 0.6 is 0 Å². The van der Waals surface area contributed by atoms with Crippen LogP contribution in [0.1, 0.15) is 22.6 Å². The highest BCUT2D eigenvalue weighted by Crippen LogP contribution is 2.44. The van der Waals surface area contributed by atoms with Gasteiger partial charge in [-0.05, 0) is 58.0 Å². The van der Waals surface area contributed by atoms with E-state index in [-0.39, 0.29) is 5.92 Å². The molecule has 0 saturated carbocycles. The summed E-state index contributed by atoms with van der Waals surface area (Å²) in [4.78, 5) is 20.0. The van der Waals surface area contributed by atoms with Crippen molar-refractivity contribution in [2.24, 2.45) is 0 Å². The van der Waals surface area contributed by atoms with Gasteiger partial charge in [0.05, 0.1) is 5.52 Å². The molecular formula is C44H30N4. The Kier molecular flexibility index (Phi) is 6.90. The number of pyridine rings is 1. The van der Waals surface area contributed by atoms with Gasteiger partial charge in [0.2, 0.25) is 0 Å². The molecule has 0 fully saturated rings. The van der Waals surface area contributed by atoms with E-state index in [1.165, 1.54) is 27.8 Å². The highest BCUT2D eigenvalue weighted by Gasteiger charge is 2.27. The molecule has 0 N–H and O–H groups in total. The third-order valence-corrected chi connectivity index (χ3v) is 9.33. The number of aromatic nitrogens is 4. The molecule has 48 heavy (non-hydrogen) atoms. The molecule has 226 valence electrons. The van der Waals surface area contributed by atoms with Crippen molar-refractivity contribution in [3.8, 4) is 56.4 Å². The van der Waals surface area contributed by atoms with Crippen molar-refractivity contribution in [3.63, 3.8) is 0 Å². The summed E-state index contributed by atoms with van der Waals surface area (Å²) in [7, 11) is 0. The van der Waals surface area contributed by atoms with Gasteiger partial charge >= 0.3 is 0 Å². The molecule has 1 aliphatic rings. The van der Waals surface area contributed by atoms with Crippen LogP contribution in [0, 0.1) is 0 Å². The van der Waals surface area contributed by atoms with Crippen LogP contribution in [0.5, 0.6) is 0 Å². The standard InChI is InChI=1S/C44H30N4/c1-3-13-30(14-4-1)42-46-43(31-15-5-2-6-16-31)48-44(47-42)35-26-33(37-23-11-18-29-19-12-24-45-41(29)37)25-34(27-35)40-28-32-17-7-8-20-36(32)38-21-9-10-22-39(38)40/h1-27,40H,28H2. The van der Waals surface area contributed by atoms with Crippen LogP contribution in [-0.2, 0) is 6.42 Å². The third kappa shape index (κ3) is 5.04. The molecule has 1 aliphatic carbocycles. The molecule has 0 amide bonds. The average molecular weight is 615 g/mol. The molecule has 0 bridgehead atoms. The number of fused-ring (bicyclic) bond motifs is 4. The average Bonchev–Trinajstić information content (AvgIpc) is 3.17. The number of para-hydroxylation sites is 1. The van der Waals surface area contributed by atoms with Crippen molar-refractivity contribution in [1.29, 1.82) is 0 Å². The lowest BCUT2D eigenvalue weighted by Gasteiger charge is -2.29. The van der Waals surface area contributed by atoms with Gasteiger partial charge < -0.3 is 0 Å². The first-order chi connectivity index (χ1) is 23.8. The molecule has 8 aromatic rings. The minimum Gasteiger partial charge on any atom is -0.256 e. The van der Waals surface area contributed by atoms with Crippen LogP contribution in [0.25, 0.3) is 67.3 Å². The molecule has 2 aromatic heterocycles. The predicted molar refractivity (Wildman–Crippen MR) is 194 cm³/mol. The maximum Gasteiger partial charge on any atom is 0.164 e. The van der Waals surface area contributed by atoms with Crippen molar-refractivity contribution < 1.29 is 0 Å². The molecule has 2 heterocycles. The van der Waals surface area contributed by atoms with Crippen LogP contribution in [0.15, 0.2) is 164 Å². The SMILES string of the molecule is c1ccc(-c2nc(-c3ccccc3)nc(-c3cc(-c4cccc5cccnc45)cc(C4Cc5ccccc5-c5ccccc54)c3)n2)cc1. The van der Waals surface area contributed by atoms with Crippen molar-refractivity contribution in [2.75, 3.05) is 0 Å². The van der Waals surface area contributed by atoms with E-state index in [9.17, 15) is 0 Å². The number of hydrogen-bond donors (Lipinski definition) is 0. The van der Waals surface area contributed by atoms with Gasteiger partial charge in [-0.25, -0.2) is 15.0 Å². The first kappa shape index (κ1) is 28.0. The summed E-state index contributed by atoms with van der Waals surface area (Å²) in [5.41, 5.74) is 12.5. The van der Waals surface area contributed by atoms with Crippen LogP contribution in [0.3, 0.4) is 0 Å². The highest BCUT2D eigenvalue weighted by molar-refractivity contribution is 5.94. The molecule has 0 spiro atoms. The quantitative estimate of drug-likeness (QED) is 0.194. The lowest BCUT2D eigenvalue weighted by Crippen LogP contribution is -2.13. The highest BCUT2D eigenvalue weighted by atomic mass is 15.0. The largest absolute Gasteiger partial charge is 0.256 e. The zero-order chi connectivity index (χ0) is 31.9. The lowest BCUT2D eigenvalue weighted by molar-refractivity contribution is 0.794. The van der Waals surface area contributed by atoms with E-state index in [0.29, 0.717) is 17.5 Å². The fourth-order valence-electron chi connectivity index (χ4n) is 7.05. The van der Waals surface area contributed by atoms with E-state index in [0.717, 1.165) is 45.1 Å². The van der Waals surface area contributed by atoms with E-state index in [4.69, 9.17) is 19.9 Å². The Morgan fingerprint density at radius 2 is 1.02 bits per heavy atom. The van der Waals surface area contributed by atoms with Crippen LogP contribution in [0.2, 0.25) is 0 Å². The first-order valence-corrected chi connectivity index (χ1v) is 16.3. The molecule has 4 heteroatoms. The van der Waals surface area contributed by atoms with Gasteiger partial charge in [0, 0.05) is 39.8 Å². The lowest BCUT2D eigenvalue weighted by atomic mass is 9.75. The summed E-state index contributed by atoms with van der Waals surface area (Å²) in [6.45, 7) is 0. The number of hydrogen-bond acceptors (Lipinski definition) is 4. The van der Waals surface area contributed by atoms with Gasteiger partial charge in [0.15, 0.2) is 17.5 Å². The van der Waals surface area contributed by atoms with Crippen LogP contribution in [0.4, 0.5) is 0 Å². The Morgan fingerprint density at radius 1 is 0.438 bits per heavy atom.